The predicted octanol–water partition coefficient (Wildman–Crippen LogP) is 5.18. The van der Waals surface area contributed by atoms with Crippen molar-refractivity contribution in [3.63, 3.8) is 0 Å². The Morgan fingerprint density at radius 3 is 2.41 bits per heavy atom. The van der Waals surface area contributed by atoms with E-state index in [0.717, 1.165) is 58.0 Å². The molecule has 0 aliphatic heterocycles. The van der Waals surface area contributed by atoms with Gasteiger partial charge in [0.1, 0.15) is 5.75 Å². The molecule has 4 rings (SSSR count). The molecule has 0 bridgehead atoms. The highest BCUT2D eigenvalue weighted by atomic mass is 16.5. The Hall–Kier alpha value is -4.17. The zero-order chi connectivity index (χ0) is 26.4. The number of aromatic nitrogens is 2. The number of anilines is 2. The number of hydrogen-bond donors (Lipinski definition) is 2. The first-order chi connectivity index (χ1) is 17.8. The molecule has 3 aromatic carbocycles. The lowest BCUT2D eigenvalue weighted by Gasteiger charge is -2.15. The van der Waals surface area contributed by atoms with Crippen molar-refractivity contribution in [2.45, 2.75) is 20.3 Å². The summed E-state index contributed by atoms with van der Waals surface area (Å²) >= 11 is 0. The molecule has 0 radical (unpaired) electrons. The fourth-order valence-electron chi connectivity index (χ4n) is 4.07. The summed E-state index contributed by atoms with van der Waals surface area (Å²) in [4.78, 5) is 19.1. The van der Waals surface area contributed by atoms with Crippen LogP contribution in [0, 0.1) is 13.8 Å². The van der Waals surface area contributed by atoms with Gasteiger partial charge in [0.15, 0.2) is 0 Å². The first-order valence-corrected chi connectivity index (χ1v) is 12.2. The van der Waals surface area contributed by atoms with Crippen LogP contribution in [0.1, 0.15) is 17.0 Å². The van der Waals surface area contributed by atoms with E-state index in [1.807, 2.05) is 62.6 Å². The number of hydrogen-bond acceptors (Lipinski definition) is 7. The molecule has 0 saturated carbocycles. The summed E-state index contributed by atoms with van der Waals surface area (Å²) in [5.74, 6) is 1.79. The maximum atomic E-state index is 12.7. The van der Waals surface area contributed by atoms with Gasteiger partial charge in [-0.05, 0) is 67.5 Å². The average molecular weight is 500 g/mol. The Morgan fingerprint density at radius 2 is 1.76 bits per heavy atom. The van der Waals surface area contributed by atoms with Crippen LogP contribution in [0.4, 0.5) is 11.4 Å². The summed E-state index contributed by atoms with van der Waals surface area (Å²) in [7, 11) is 5.69. The van der Waals surface area contributed by atoms with Crippen LogP contribution >= 0.6 is 0 Å². The molecule has 0 unspecified atom stereocenters. The van der Waals surface area contributed by atoms with Gasteiger partial charge in [-0.1, -0.05) is 41.6 Å². The molecule has 0 saturated heterocycles. The second-order valence-corrected chi connectivity index (χ2v) is 9.23. The molecule has 37 heavy (non-hydrogen) atoms. The molecular formula is C29H33N5O3. The number of methoxy groups -OCH3 is 1. The van der Waals surface area contributed by atoms with Crippen molar-refractivity contribution in [2.24, 2.45) is 0 Å². The van der Waals surface area contributed by atoms with Crippen molar-refractivity contribution < 1.29 is 14.1 Å². The van der Waals surface area contributed by atoms with Crippen molar-refractivity contribution in [3.8, 4) is 28.3 Å². The van der Waals surface area contributed by atoms with E-state index in [4.69, 9.17) is 9.26 Å². The Morgan fingerprint density at radius 1 is 1.00 bits per heavy atom. The number of likely N-dealkylation sites (N-methyl/N-ethyl adjacent to an activating group) is 1. The number of nitrogens with zero attached hydrogens (tertiary/aromatic N) is 3. The van der Waals surface area contributed by atoms with Gasteiger partial charge >= 0.3 is 0 Å². The third-order valence-corrected chi connectivity index (χ3v) is 6.00. The smallest absolute Gasteiger partial charge is 0.228 e. The normalized spacial score (nSPS) is 11.0. The van der Waals surface area contributed by atoms with Gasteiger partial charge in [0.05, 0.1) is 19.2 Å². The van der Waals surface area contributed by atoms with Crippen LogP contribution in [0.15, 0.2) is 65.2 Å². The van der Waals surface area contributed by atoms with Gasteiger partial charge in [-0.3, -0.25) is 4.79 Å². The minimum Gasteiger partial charge on any atom is -0.495 e. The number of carbonyl (C=O) groups is 1. The standard InChI is InChI=1S/C29H33N5O3/c1-19-16-23(29-31-20(2)37-33-29)10-12-25(19)22-8-6-21(7-9-22)17-28(35)32-24-11-13-27(36-5)26(18-24)30-14-15-34(3)4/h6-13,16,18,30H,14-15,17H2,1-5H3,(H,32,35). The summed E-state index contributed by atoms with van der Waals surface area (Å²) in [5.41, 5.74) is 6.75. The summed E-state index contributed by atoms with van der Waals surface area (Å²) in [6.07, 6.45) is 0.283. The maximum Gasteiger partial charge on any atom is 0.228 e. The first-order valence-electron chi connectivity index (χ1n) is 12.2. The van der Waals surface area contributed by atoms with Crippen molar-refractivity contribution >= 4 is 17.3 Å². The number of rotatable bonds is 10. The lowest BCUT2D eigenvalue weighted by atomic mass is 9.97. The van der Waals surface area contributed by atoms with E-state index in [0.29, 0.717) is 11.7 Å². The summed E-state index contributed by atoms with van der Waals surface area (Å²) in [6.45, 7) is 5.49. The molecule has 1 amide bonds. The number of ether oxygens (including phenoxy) is 1. The Labute approximate surface area is 217 Å². The van der Waals surface area contributed by atoms with E-state index < -0.39 is 0 Å². The molecule has 0 atom stereocenters. The molecule has 8 nitrogen and oxygen atoms in total. The van der Waals surface area contributed by atoms with E-state index in [-0.39, 0.29) is 12.3 Å². The molecule has 0 aliphatic carbocycles. The number of amides is 1. The predicted molar refractivity (Wildman–Crippen MR) is 147 cm³/mol. The maximum absolute atomic E-state index is 12.7. The molecular weight excluding hydrogens is 466 g/mol. The third kappa shape index (κ3) is 6.74. The van der Waals surface area contributed by atoms with E-state index >= 15 is 0 Å². The molecule has 4 aromatic rings. The second kappa shape index (κ2) is 11.7. The number of carbonyl (C=O) groups excluding carboxylic acids is 1. The van der Waals surface area contributed by atoms with E-state index in [1.165, 1.54) is 0 Å². The van der Waals surface area contributed by atoms with Gasteiger partial charge in [0.2, 0.25) is 17.6 Å². The van der Waals surface area contributed by atoms with E-state index in [9.17, 15) is 4.79 Å². The zero-order valence-electron chi connectivity index (χ0n) is 22.0. The Balaban J connectivity index is 1.39. The van der Waals surface area contributed by atoms with Gasteiger partial charge < -0.3 is 24.8 Å². The lowest BCUT2D eigenvalue weighted by molar-refractivity contribution is -0.115. The van der Waals surface area contributed by atoms with Crippen molar-refractivity contribution in [1.82, 2.24) is 15.0 Å². The number of benzene rings is 3. The van der Waals surface area contributed by atoms with Crippen LogP contribution in [0.2, 0.25) is 0 Å². The molecule has 2 N–H and O–H groups in total. The molecule has 8 heteroatoms. The van der Waals surface area contributed by atoms with Crippen LogP contribution in [-0.2, 0) is 11.2 Å². The van der Waals surface area contributed by atoms with Crippen molar-refractivity contribution in [2.75, 3.05) is 44.9 Å². The highest BCUT2D eigenvalue weighted by Gasteiger charge is 2.11. The largest absolute Gasteiger partial charge is 0.495 e. The van der Waals surface area contributed by atoms with Crippen LogP contribution in [0.25, 0.3) is 22.5 Å². The number of nitrogens with one attached hydrogen (secondary N) is 2. The van der Waals surface area contributed by atoms with Crippen LogP contribution in [0.3, 0.4) is 0 Å². The molecule has 0 fully saturated rings. The van der Waals surface area contributed by atoms with Gasteiger partial charge in [-0.15, -0.1) is 0 Å². The summed E-state index contributed by atoms with van der Waals surface area (Å²) in [5, 5.41) is 10.4. The van der Waals surface area contributed by atoms with Gasteiger partial charge in [0.25, 0.3) is 0 Å². The Bertz CT molecular complexity index is 1360. The quantitative estimate of drug-likeness (QED) is 0.310. The molecule has 0 spiro atoms. The lowest BCUT2D eigenvalue weighted by Crippen LogP contribution is -2.21. The van der Waals surface area contributed by atoms with E-state index in [1.54, 1.807) is 14.0 Å². The van der Waals surface area contributed by atoms with E-state index in [2.05, 4.69) is 44.7 Å². The monoisotopic (exact) mass is 499 g/mol. The van der Waals surface area contributed by atoms with Crippen LogP contribution < -0.4 is 15.4 Å². The van der Waals surface area contributed by atoms with Crippen molar-refractivity contribution in [3.05, 3.63) is 77.7 Å². The summed E-state index contributed by atoms with van der Waals surface area (Å²) in [6, 6.07) is 19.8. The highest BCUT2D eigenvalue weighted by Crippen LogP contribution is 2.29. The molecule has 1 aromatic heterocycles. The average Bonchev–Trinajstić information content (AvgIpc) is 3.31. The van der Waals surface area contributed by atoms with Gasteiger partial charge in [-0.25, -0.2) is 0 Å². The minimum atomic E-state index is -0.0758. The first kappa shape index (κ1) is 25.9. The Kier molecular flexibility index (Phi) is 8.20. The third-order valence-electron chi connectivity index (χ3n) is 6.00. The van der Waals surface area contributed by atoms with Crippen molar-refractivity contribution in [1.29, 1.82) is 0 Å². The van der Waals surface area contributed by atoms with Gasteiger partial charge in [-0.2, -0.15) is 4.98 Å². The van der Waals surface area contributed by atoms with Crippen LogP contribution in [0.5, 0.6) is 5.75 Å². The zero-order valence-corrected chi connectivity index (χ0v) is 22.0. The SMILES string of the molecule is COc1ccc(NC(=O)Cc2ccc(-c3ccc(-c4noc(C)n4)cc3C)cc2)cc1NCCN(C)C. The fraction of sp³-hybridized carbons (Fsp3) is 0.276. The molecule has 192 valence electrons. The fourth-order valence-corrected chi connectivity index (χ4v) is 4.07. The summed E-state index contributed by atoms with van der Waals surface area (Å²) < 4.78 is 10.5. The number of aryl methyl sites for hydroxylation is 2. The molecule has 1 heterocycles. The minimum absolute atomic E-state index is 0.0758. The van der Waals surface area contributed by atoms with Crippen LogP contribution in [-0.4, -0.2) is 55.2 Å². The molecule has 0 aliphatic rings. The second-order valence-electron chi connectivity index (χ2n) is 9.23. The highest BCUT2D eigenvalue weighted by molar-refractivity contribution is 5.93. The topological polar surface area (TPSA) is 92.5 Å². The van der Waals surface area contributed by atoms with Gasteiger partial charge in [0, 0.05) is 31.3 Å².